The lowest BCUT2D eigenvalue weighted by molar-refractivity contribution is -0.129. The summed E-state index contributed by atoms with van der Waals surface area (Å²) in [6.07, 6.45) is 2.18. The molecule has 0 fully saturated rings. The molecule has 0 saturated carbocycles. The average molecular weight is 761 g/mol. The number of nitrogens with one attached hydrogen (secondary N) is 3. The number of aliphatic hydroxyl groups is 1. The number of hydrogen-bond acceptors (Lipinski definition) is 9. The third kappa shape index (κ3) is 11.7. The summed E-state index contributed by atoms with van der Waals surface area (Å²) >= 11 is 4.79. The highest BCUT2D eigenvalue weighted by molar-refractivity contribution is 7.81. The number of amides is 4. The highest BCUT2D eigenvalue weighted by Gasteiger charge is 2.34. The number of rotatable bonds is 18. The van der Waals surface area contributed by atoms with E-state index >= 15 is 0 Å². The molecule has 0 radical (unpaired) electrons. The molecule has 0 unspecified atom stereocenters. The van der Waals surface area contributed by atoms with Crippen LogP contribution in [0.25, 0.3) is 10.8 Å². The number of alkyl carbamates (subject to hydrolysis) is 1. The standard InChI is InChI=1S/C41H56N6O6S/c1-6-27(4)35(23-48)43-38(49)21-37(54)33(19-26(2)3)44-39(50)34(45-41(52)53-24-29-13-8-7-9-14-29)20-31-22-46(40(51)28(5)42)25-47(31)36-18-12-16-30-15-10-11-17-32(30)36/h7-18,22,26-28,33-35,37,48,54H,6,19-21,23-25,42H2,1-5H3,(H,43,49)(H,44,50)(H,45,52)/t27-,28-,33-,34-,35+,37-/m0/s1. The summed E-state index contributed by atoms with van der Waals surface area (Å²) in [5, 5.41) is 20.0. The van der Waals surface area contributed by atoms with Gasteiger partial charge in [0.05, 0.1) is 24.4 Å². The molecule has 1 aliphatic rings. The molecule has 0 spiro atoms. The maximum atomic E-state index is 14.4. The first-order valence-electron chi connectivity index (χ1n) is 18.7. The van der Waals surface area contributed by atoms with E-state index in [-0.39, 0.29) is 56.4 Å². The average Bonchev–Trinajstić information content (AvgIpc) is 3.58. The van der Waals surface area contributed by atoms with Crippen LogP contribution in [0.2, 0.25) is 0 Å². The number of benzene rings is 3. The Morgan fingerprint density at radius 1 is 0.907 bits per heavy atom. The van der Waals surface area contributed by atoms with Gasteiger partial charge in [0.15, 0.2) is 0 Å². The van der Waals surface area contributed by atoms with Gasteiger partial charge in [-0.2, -0.15) is 12.6 Å². The number of nitrogens with zero attached hydrogens (tertiary/aromatic N) is 2. The molecule has 0 saturated heterocycles. The first kappa shape index (κ1) is 42.2. The predicted molar refractivity (Wildman–Crippen MR) is 215 cm³/mol. The summed E-state index contributed by atoms with van der Waals surface area (Å²) in [4.78, 5) is 57.5. The zero-order valence-electron chi connectivity index (χ0n) is 31.9. The van der Waals surface area contributed by atoms with Gasteiger partial charge in [-0.15, -0.1) is 0 Å². The fraction of sp³-hybridized carbons (Fsp3) is 0.463. The lowest BCUT2D eigenvalue weighted by Gasteiger charge is -2.30. The van der Waals surface area contributed by atoms with Crippen molar-refractivity contribution in [2.24, 2.45) is 17.6 Å². The number of nitrogens with two attached hydrogens (primary N) is 1. The van der Waals surface area contributed by atoms with Crippen LogP contribution in [0.15, 0.2) is 84.7 Å². The highest BCUT2D eigenvalue weighted by atomic mass is 32.1. The molecular weight excluding hydrogens is 705 g/mol. The van der Waals surface area contributed by atoms with Gasteiger partial charge in [0.2, 0.25) is 17.7 Å². The van der Waals surface area contributed by atoms with E-state index in [9.17, 15) is 24.3 Å². The van der Waals surface area contributed by atoms with Gasteiger partial charge < -0.3 is 36.4 Å². The van der Waals surface area contributed by atoms with Gasteiger partial charge in [0, 0.05) is 41.4 Å². The van der Waals surface area contributed by atoms with Crippen LogP contribution in [0, 0.1) is 11.8 Å². The van der Waals surface area contributed by atoms with E-state index < -0.39 is 41.4 Å². The van der Waals surface area contributed by atoms with Crippen molar-refractivity contribution < 1.29 is 29.0 Å². The van der Waals surface area contributed by atoms with Crippen LogP contribution < -0.4 is 26.6 Å². The summed E-state index contributed by atoms with van der Waals surface area (Å²) in [5.74, 6) is -0.860. The molecule has 292 valence electrons. The van der Waals surface area contributed by atoms with E-state index in [1.165, 1.54) is 4.90 Å². The molecule has 6 atom stereocenters. The monoisotopic (exact) mass is 760 g/mol. The van der Waals surface area contributed by atoms with E-state index in [4.69, 9.17) is 23.1 Å². The Kier molecular flexibility index (Phi) is 15.8. The van der Waals surface area contributed by atoms with Crippen LogP contribution in [-0.2, 0) is 25.7 Å². The molecule has 3 aromatic carbocycles. The maximum Gasteiger partial charge on any atom is 0.408 e. The summed E-state index contributed by atoms with van der Waals surface area (Å²) < 4.78 is 5.55. The number of thiol groups is 1. The van der Waals surface area contributed by atoms with Crippen molar-refractivity contribution in [3.8, 4) is 0 Å². The molecular formula is C41H56N6O6S. The van der Waals surface area contributed by atoms with Crippen molar-refractivity contribution in [3.05, 3.63) is 90.3 Å². The van der Waals surface area contributed by atoms with Crippen LogP contribution in [0.5, 0.6) is 0 Å². The zero-order valence-corrected chi connectivity index (χ0v) is 32.8. The second kappa shape index (κ2) is 20.2. The Balaban J connectivity index is 1.63. The van der Waals surface area contributed by atoms with E-state index in [0.717, 1.165) is 28.4 Å². The van der Waals surface area contributed by atoms with Gasteiger partial charge in [-0.3, -0.25) is 19.3 Å². The quantitative estimate of drug-likeness (QED) is 0.0980. The van der Waals surface area contributed by atoms with E-state index in [1.807, 2.05) is 105 Å². The number of carbonyl (C=O) groups is 4. The molecule has 6 N–H and O–H groups in total. The molecule has 12 nitrogen and oxygen atoms in total. The summed E-state index contributed by atoms with van der Waals surface area (Å²) in [6, 6.07) is 20.1. The smallest absolute Gasteiger partial charge is 0.408 e. The molecule has 54 heavy (non-hydrogen) atoms. The SMILES string of the molecule is CC[C@H](C)[C@@H](CO)NC(=O)C[C@H](S)[C@H](CC(C)C)NC(=O)[C@H](CC1=CN(C(=O)[C@H](C)N)CN1c1cccc2ccccc12)NC(=O)OCc1ccccc1. The molecule has 4 rings (SSSR count). The lowest BCUT2D eigenvalue weighted by Crippen LogP contribution is -2.53. The number of ether oxygens (including phenoxy) is 1. The molecule has 1 heterocycles. The van der Waals surface area contributed by atoms with Gasteiger partial charge >= 0.3 is 6.09 Å². The topological polar surface area (TPSA) is 166 Å². The summed E-state index contributed by atoms with van der Waals surface area (Å²) in [7, 11) is 0. The fourth-order valence-corrected chi connectivity index (χ4v) is 6.81. The number of carbonyl (C=O) groups excluding carboxylic acids is 4. The molecule has 0 aliphatic carbocycles. The minimum atomic E-state index is -1.14. The van der Waals surface area contributed by atoms with Gasteiger partial charge in [-0.05, 0) is 42.2 Å². The second-order valence-corrected chi connectivity index (χ2v) is 15.2. The van der Waals surface area contributed by atoms with Crippen LogP contribution in [-0.4, -0.2) is 76.5 Å². The molecule has 0 aromatic heterocycles. The normalized spacial score (nSPS) is 16.2. The predicted octanol–water partition coefficient (Wildman–Crippen LogP) is 5.06. The second-order valence-electron chi connectivity index (χ2n) is 14.5. The number of fused-ring (bicyclic) bond motifs is 1. The van der Waals surface area contributed by atoms with Crippen molar-refractivity contribution >= 4 is 52.9 Å². The fourth-order valence-electron chi connectivity index (χ4n) is 6.45. The van der Waals surface area contributed by atoms with Gasteiger partial charge in [-0.1, -0.05) is 101 Å². The molecule has 13 heteroatoms. The summed E-state index contributed by atoms with van der Waals surface area (Å²) in [6.45, 7) is 9.57. The van der Waals surface area contributed by atoms with Gasteiger partial charge in [0.1, 0.15) is 19.3 Å². The largest absolute Gasteiger partial charge is 0.445 e. The van der Waals surface area contributed by atoms with Crippen molar-refractivity contribution in [2.75, 3.05) is 18.2 Å². The Labute approximate surface area is 324 Å². The Hall–Kier alpha value is -4.59. The van der Waals surface area contributed by atoms with E-state index in [0.29, 0.717) is 12.1 Å². The van der Waals surface area contributed by atoms with Crippen LogP contribution in [0.3, 0.4) is 0 Å². The Bertz CT molecular complexity index is 1750. The third-order valence-corrected chi connectivity index (χ3v) is 10.2. The number of anilines is 1. The Morgan fingerprint density at radius 2 is 1.59 bits per heavy atom. The Morgan fingerprint density at radius 3 is 2.26 bits per heavy atom. The van der Waals surface area contributed by atoms with Crippen LogP contribution in [0.1, 0.15) is 65.9 Å². The maximum absolute atomic E-state index is 14.4. The first-order chi connectivity index (χ1) is 25.8. The minimum Gasteiger partial charge on any atom is -0.445 e. The van der Waals surface area contributed by atoms with Crippen molar-refractivity contribution in [2.45, 2.75) is 96.3 Å². The highest BCUT2D eigenvalue weighted by Crippen LogP contribution is 2.34. The lowest BCUT2D eigenvalue weighted by atomic mass is 9.97. The minimum absolute atomic E-state index is 0.000713. The zero-order chi connectivity index (χ0) is 39.4. The van der Waals surface area contributed by atoms with Crippen molar-refractivity contribution in [1.82, 2.24) is 20.9 Å². The van der Waals surface area contributed by atoms with Gasteiger partial charge in [0.25, 0.3) is 0 Å². The number of hydrogen-bond donors (Lipinski definition) is 6. The van der Waals surface area contributed by atoms with Crippen LogP contribution in [0.4, 0.5) is 10.5 Å². The molecule has 4 amide bonds. The van der Waals surface area contributed by atoms with Crippen molar-refractivity contribution in [3.63, 3.8) is 0 Å². The number of aliphatic hydroxyl groups excluding tert-OH is 1. The van der Waals surface area contributed by atoms with Crippen molar-refractivity contribution in [1.29, 1.82) is 0 Å². The van der Waals surface area contributed by atoms with E-state index in [1.54, 1.807) is 13.1 Å². The molecule has 3 aromatic rings. The van der Waals surface area contributed by atoms with Gasteiger partial charge in [-0.25, -0.2) is 4.79 Å². The first-order valence-corrected chi connectivity index (χ1v) is 19.2. The third-order valence-electron chi connectivity index (χ3n) is 9.70. The molecule has 0 bridgehead atoms. The summed E-state index contributed by atoms with van der Waals surface area (Å²) in [5.41, 5.74) is 8.23. The van der Waals surface area contributed by atoms with E-state index in [2.05, 4.69) is 16.0 Å². The molecule has 1 aliphatic heterocycles. The van der Waals surface area contributed by atoms with Crippen LogP contribution >= 0.6 is 12.6 Å².